The molecular formula is C16H21NO3. The maximum absolute atomic E-state index is 12.6. The molecule has 2 N–H and O–H groups in total. The molecule has 0 saturated carbocycles. The highest BCUT2D eigenvalue weighted by Gasteiger charge is 2.41. The molecule has 20 heavy (non-hydrogen) atoms. The van der Waals surface area contributed by atoms with E-state index in [2.05, 4.69) is 0 Å². The summed E-state index contributed by atoms with van der Waals surface area (Å²) in [6.45, 7) is 2.14. The van der Waals surface area contributed by atoms with Crippen LogP contribution < -0.4 is 5.73 Å². The number of anilines is 1. The van der Waals surface area contributed by atoms with Gasteiger partial charge in [0.2, 0.25) is 0 Å². The number of benzene rings is 1. The number of ether oxygens (including phenoxy) is 2. The van der Waals surface area contributed by atoms with Crippen LogP contribution >= 0.6 is 0 Å². The van der Waals surface area contributed by atoms with Gasteiger partial charge in [-0.25, -0.2) is 0 Å². The predicted octanol–water partition coefficient (Wildman–Crippen LogP) is 2.43. The monoisotopic (exact) mass is 275 g/mol. The van der Waals surface area contributed by atoms with Crippen LogP contribution in [0.3, 0.4) is 0 Å². The Balaban J connectivity index is 1.74. The second kappa shape index (κ2) is 5.54. The lowest BCUT2D eigenvalue weighted by atomic mass is 9.78. The maximum atomic E-state index is 12.6. The van der Waals surface area contributed by atoms with Gasteiger partial charge in [-0.2, -0.15) is 0 Å². The van der Waals surface area contributed by atoms with Crippen molar-refractivity contribution >= 4 is 11.5 Å². The van der Waals surface area contributed by atoms with Gasteiger partial charge in [0, 0.05) is 37.0 Å². The largest absolute Gasteiger partial charge is 0.399 e. The van der Waals surface area contributed by atoms with E-state index >= 15 is 0 Å². The van der Waals surface area contributed by atoms with E-state index in [0.717, 1.165) is 44.5 Å². The average Bonchev–Trinajstić information content (AvgIpc) is 2.47. The Morgan fingerprint density at radius 2 is 2.05 bits per heavy atom. The molecule has 2 aliphatic rings. The summed E-state index contributed by atoms with van der Waals surface area (Å²) in [7, 11) is 0. The molecule has 4 nitrogen and oxygen atoms in total. The van der Waals surface area contributed by atoms with Gasteiger partial charge in [-0.05, 0) is 37.8 Å². The van der Waals surface area contributed by atoms with Crippen molar-refractivity contribution in [1.82, 2.24) is 0 Å². The van der Waals surface area contributed by atoms with Crippen LogP contribution in [-0.4, -0.2) is 31.2 Å². The van der Waals surface area contributed by atoms with Crippen molar-refractivity contribution in [3.63, 3.8) is 0 Å². The van der Waals surface area contributed by atoms with E-state index in [0.29, 0.717) is 12.3 Å². The Hall–Kier alpha value is -1.39. The van der Waals surface area contributed by atoms with E-state index in [1.54, 1.807) is 12.1 Å². The van der Waals surface area contributed by atoms with Gasteiger partial charge in [-0.15, -0.1) is 0 Å². The number of ketones is 1. The van der Waals surface area contributed by atoms with Crippen LogP contribution in [0.2, 0.25) is 0 Å². The standard InChI is InChI=1S/C16H21NO3/c17-14-3-1-2-12(10-14)15(18)13-4-7-20-16(11-13)5-8-19-9-6-16/h1-3,10,13H,4-9,11,17H2. The van der Waals surface area contributed by atoms with E-state index in [4.69, 9.17) is 15.2 Å². The molecule has 3 rings (SSSR count). The molecule has 0 aromatic heterocycles. The normalized spacial score (nSPS) is 25.5. The van der Waals surface area contributed by atoms with Crippen LogP contribution in [0.1, 0.15) is 36.0 Å². The Kier molecular flexibility index (Phi) is 3.76. The molecular weight excluding hydrogens is 254 g/mol. The highest BCUT2D eigenvalue weighted by molar-refractivity contribution is 5.98. The Labute approximate surface area is 119 Å². The van der Waals surface area contributed by atoms with Crippen molar-refractivity contribution in [3.05, 3.63) is 29.8 Å². The van der Waals surface area contributed by atoms with Crippen molar-refractivity contribution in [2.45, 2.75) is 31.3 Å². The van der Waals surface area contributed by atoms with Gasteiger partial charge in [0.25, 0.3) is 0 Å². The fourth-order valence-electron chi connectivity index (χ4n) is 3.27. The number of nitrogens with two attached hydrogens (primary N) is 1. The van der Waals surface area contributed by atoms with E-state index in [9.17, 15) is 4.79 Å². The SMILES string of the molecule is Nc1cccc(C(=O)C2CCOC3(CCOCC3)C2)c1. The fraction of sp³-hybridized carbons (Fsp3) is 0.562. The first-order valence-corrected chi connectivity index (χ1v) is 7.30. The predicted molar refractivity (Wildman–Crippen MR) is 76.6 cm³/mol. The first-order chi connectivity index (χ1) is 9.69. The van der Waals surface area contributed by atoms with Crippen LogP contribution in [-0.2, 0) is 9.47 Å². The molecule has 2 aliphatic heterocycles. The minimum Gasteiger partial charge on any atom is -0.399 e. The zero-order valence-electron chi connectivity index (χ0n) is 11.6. The summed E-state index contributed by atoms with van der Waals surface area (Å²) in [5, 5.41) is 0. The first kappa shape index (κ1) is 13.6. The Morgan fingerprint density at radius 1 is 1.25 bits per heavy atom. The summed E-state index contributed by atoms with van der Waals surface area (Å²) >= 11 is 0. The molecule has 2 saturated heterocycles. The lowest BCUT2D eigenvalue weighted by Crippen LogP contribution is -2.45. The van der Waals surface area contributed by atoms with Crippen LogP contribution in [0.5, 0.6) is 0 Å². The lowest BCUT2D eigenvalue weighted by Gasteiger charge is -2.42. The number of hydrogen-bond acceptors (Lipinski definition) is 4. The van der Waals surface area contributed by atoms with Gasteiger partial charge in [0.1, 0.15) is 0 Å². The minimum atomic E-state index is -0.142. The molecule has 1 unspecified atom stereocenters. The van der Waals surface area contributed by atoms with Crippen molar-refractivity contribution in [2.75, 3.05) is 25.6 Å². The molecule has 0 amide bonds. The van der Waals surface area contributed by atoms with Crippen molar-refractivity contribution < 1.29 is 14.3 Å². The van der Waals surface area contributed by atoms with Crippen LogP contribution in [0.25, 0.3) is 0 Å². The van der Waals surface area contributed by atoms with Gasteiger partial charge in [0.05, 0.1) is 5.60 Å². The number of rotatable bonds is 2. The highest BCUT2D eigenvalue weighted by atomic mass is 16.5. The number of nitrogen functional groups attached to an aromatic ring is 1. The van der Waals surface area contributed by atoms with E-state index in [-0.39, 0.29) is 17.3 Å². The Bertz CT molecular complexity index is 489. The summed E-state index contributed by atoms with van der Waals surface area (Å²) in [5.41, 5.74) is 6.99. The molecule has 2 heterocycles. The summed E-state index contributed by atoms with van der Waals surface area (Å²) in [6, 6.07) is 7.27. The second-order valence-electron chi connectivity index (χ2n) is 5.82. The molecule has 0 aliphatic carbocycles. The Morgan fingerprint density at radius 3 is 2.80 bits per heavy atom. The van der Waals surface area contributed by atoms with Crippen LogP contribution in [0, 0.1) is 5.92 Å². The smallest absolute Gasteiger partial charge is 0.166 e. The van der Waals surface area contributed by atoms with Crippen LogP contribution in [0.4, 0.5) is 5.69 Å². The van der Waals surface area contributed by atoms with E-state index in [1.807, 2.05) is 12.1 Å². The van der Waals surface area contributed by atoms with Gasteiger partial charge in [-0.3, -0.25) is 4.79 Å². The fourth-order valence-corrected chi connectivity index (χ4v) is 3.27. The third kappa shape index (κ3) is 2.72. The lowest BCUT2D eigenvalue weighted by molar-refractivity contribution is -0.142. The van der Waals surface area contributed by atoms with Gasteiger partial charge in [0.15, 0.2) is 5.78 Å². The molecule has 4 heteroatoms. The van der Waals surface area contributed by atoms with Gasteiger partial charge in [-0.1, -0.05) is 12.1 Å². The van der Waals surface area contributed by atoms with Crippen molar-refractivity contribution in [1.29, 1.82) is 0 Å². The van der Waals surface area contributed by atoms with Crippen LogP contribution in [0.15, 0.2) is 24.3 Å². The van der Waals surface area contributed by atoms with E-state index in [1.165, 1.54) is 0 Å². The number of hydrogen-bond donors (Lipinski definition) is 1. The average molecular weight is 275 g/mol. The topological polar surface area (TPSA) is 61.6 Å². The highest BCUT2D eigenvalue weighted by Crippen LogP contribution is 2.38. The van der Waals surface area contributed by atoms with Gasteiger partial charge >= 0.3 is 0 Å². The minimum absolute atomic E-state index is 0.0450. The third-order valence-corrected chi connectivity index (χ3v) is 4.44. The van der Waals surface area contributed by atoms with Gasteiger partial charge < -0.3 is 15.2 Å². The summed E-state index contributed by atoms with van der Waals surface area (Å²) in [6.07, 6.45) is 3.40. The zero-order valence-corrected chi connectivity index (χ0v) is 11.6. The maximum Gasteiger partial charge on any atom is 0.166 e. The van der Waals surface area contributed by atoms with Crippen molar-refractivity contribution in [2.24, 2.45) is 5.92 Å². The molecule has 1 spiro atoms. The summed E-state index contributed by atoms with van der Waals surface area (Å²) < 4.78 is 11.4. The molecule has 2 fully saturated rings. The molecule has 0 bridgehead atoms. The second-order valence-corrected chi connectivity index (χ2v) is 5.82. The molecule has 1 aromatic rings. The zero-order chi connectivity index (χ0) is 14.0. The molecule has 0 radical (unpaired) electrons. The first-order valence-electron chi connectivity index (χ1n) is 7.30. The number of carbonyl (C=O) groups excluding carboxylic acids is 1. The van der Waals surface area contributed by atoms with E-state index < -0.39 is 0 Å². The quantitative estimate of drug-likeness (QED) is 0.665. The molecule has 1 aromatic carbocycles. The number of carbonyl (C=O) groups is 1. The molecule has 1 atom stereocenters. The summed E-state index contributed by atoms with van der Waals surface area (Å²) in [4.78, 5) is 12.6. The third-order valence-electron chi connectivity index (χ3n) is 4.44. The molecule has 108 valence electrons. The summed E-state index contributed by atoms with van der Waals surface area (Å²) in [5.74, 6) is 0.245. The number of Topliss-reactive ketones (excluding diaryl/α,β-unsaturated/α-hetero) is 1. The van der Waals surface area contributed by atoms with Crippen molar-refractivity contribution in [3.8, 4) is 0 Å².